The molecule has 2 aliphatic rings. The molecular formula is C23H30N4O3. The van der Waals surface area contributed by atoms with Crippen molar-refractivity contribution in [1.29, 1.82) is 0 Å². The van der Waals surface area contributed by atoms with Crippen LogP contribution in [0.25, 0.3) is 0 Å². The fraction of sp³-hybridized carbons (Fsp3) is 0.522. The zero-order valence-corrected chi connectivity index (χ0v) is 17.5. The topological polar surface area (TPSA) is 78.7 Å². The van der Waals surface area contributed by atoms with E-state index in [0.29, 0.717) is 44.9 Å². The summed E-state index contributed by atoms with van der Waals surface area (Å²) in [5.41, 5.74) is 2.82. The van der Waals surface area contributed by atoms with Crippen LogP contribution in [-0.2, 0) is 24.3 Å². The van der Waals surface area contributed by atoms with Crippen LogP contribution >= 0.6 is 0 Å². The summed E-state index contributed by atoms with van der Waals surface area (Å²) >= 11 is 0. The summed E-state index contributed by atoms with van der Waals surface area (Å²) in [6.07, 6.45) is 3.93. The Bertz CT molecular complexity index is 943. The number of rotatable bonds is 7. The van der Waals surface area contributed by atoms with Gasteiger partial charge in [-0.15, -0.1) is 0 Å². The van der Waals surface area contributed by atoms with E-state index >= 15 is 0 Å². The SMILES string of the molecule is CN(CCO)Cc1ccc2n(c1=O)C[C@H]1C[C@@H]2CN(C(=O)CCc2ccccn2)C1. The highest BCUT2D eigenvalue weighted by atomic mass is 16.3. The van der Waals surface area contributed by atoms with E-state index in [1.54, 1.807) is 6.20 Å². The van der Waals surface area contributed by atoms with Crippen LogP contribution in [0.4, 0.5) is 0 Å². The minimum Gasteiger partial charge on any atom is -0.395 e. The number of likely N-dealkylation sites (N-methyl/N-ethyl adjacent to an activating group) is 1. The summed E-state index contributed by atoms with van der Waals surface area (Å²) in [6, 6.07) is 9.77. The number of pyridine rings is 2. The molecule has 2 atom stereocenters. The zero-order chi connectivity index (χ0) is 21.1. The van der Waals surface area contributed by atoms with E-state index < -0.39 is 0 Å². The number of aryl methyl sites for hydroxylation is 1. The lowest BCUT2D eigenvalue weighted by atomic mass is 9.82. The van der Waals surface area contributed by atoms with Crippen molar-refractivity contribution in [2.75, 3.05) is 33.3 Å². The molecule has 7 heteroatoms. The number of fused-ring (bicyclic) bond motifs is 4. The molecule has 1 amide bonds. The molecule has 2 aromatic rings. The van der Waals surface area contributed by atoms with Gasteiger partial charge >= 0.3 is 0 Å². The molecule has 0 spiro atoms. The Kier molecular flexibility index (Phi) is 6.29. The van der Waals surface area contributed by atoms with Crippen LogP contribution in [0, 0.1) is 5.92 Å². The second-order valence-corrected chi connectivity index (χ2v) is 8.58. The lowest BCUT2D eigenvalue weighted by Gasteiger charge is -2.43. The molecule has 30 heavy (non-hydrogen) atoms. The van der Waals surface area contributed by atoms with Crippen LogP contribution in [-0.4, -0.2) is 63.7 Å². The molecule has 1 fully saturated rings. The molecule has 1 N–H and O–H groups in total. The van der Waals surface area contributed by atoms with Crippen molar-refractivity contribution in [2.24, 2.45) is 5.92 Å². The quantitative estimate of drug-likeness (QED) is 0.743. The summed E-state index contributed by atoms with van der Waals surface area (Å²) in [4.78, 5) is 34.1. The van der Waals surface area contributed by atoms with E-state index in [1.165, 1.54) is 0 Å². The Labute approximate surface area is 177 Å². The lowest BCUT2D eigenvalue weighted by Crippen LogP contribution is -2.49. The number of carbonyl (C=O) groups excluding carboxylic acids is 1. The number of aliphatic hydroxyl groups is 1. The first-order chi connectivity index (χ1) is 14.5. The monoisotopic (exact) mass is 410 g/mol. The summed E-state index contributed by atoms with van der Waals surface area (Å²) < 4.78 is 1.93. The van der Waals surface area contributed by atoms with Crippen LogP contribution in [0.2, 0.25) is 0 Å². The summed E-state index contributed by atoms with van der Waals surface area (Å²) in [5, 5.41) is 9.10. The Morgan fingerprint density at radius 3 is 2.87 bits per heavy atom. The Balaban J connectivity index is 1.45. The van der Waals surface area contributed by atoms with Crippen LogP contribution in [0.5, 0.6) is 0 Å². The molecule has 0 radical (unpaired) electrons. The first kappa shape index (κ1) is 20.8. The molecule has 0 aromatic carbocycles. The summed E-state index contributed by atoms with van der Waals surface area (Å²) in [5.74, 6) is 0.708. The number of hydrogen-bond acceptors (Lipinski definition) is 5. The molecular weight excluding hydrogens is 380 g/mol. The molecule has 2 aliphatic heterocycles. The third kappa shape index (κ3) is 4.47. The number of nitrogens with zero attached hydrogens (tertiary/aromatic N) is 4. The van der Waals surface area contributed by atoms with Gasteiger partial charge in [-0.3, -0.25) is 19.5 Å². The van der Waals surface area contributed by atoms with E-state index in [4.69, 9.17) is 5.11 Å². The minimum absolute atomic E-state index is 0.0712. The minimum atomic E-state index is 0.0712. The molecule has 0 saturated carbocycles. The second-order valence-electron chi connectivity index (χ2n) is 8.58. The van der Waals surface area contributed by atoms with Gasteiger partial charge in [-0.05, 0) is 44.0 Å². The zero-order valence-electron chi connectivity index (χ0n) is 17.5. The number of likely N-dealkylation sites (tertiary alicyclic amines) is 1. The predicted molar refractivity (Wildman–Crippen MR) is 114 cm³/mol. The highest BCUT2D eigenvalue weighted by molar-refractivity contribution is 5.76. The van der Waals surface area contributed by atoms with Crippen molar-refractivity contribution in [3.8, 4) is 0 Å². The molecule has 4 heterocycles. The van der Waals surface area contributed by atoms with Crippen molar-refractivity contribution >= 4 is 5.91 Å². The van der Waals surface area contributed by atoms with E-state index in [1.807, 2.05) is 45.7 Å². The third-order valence-corrected chi connectivity index (χ3v) is 6.28. The van der Waals surface area contributed by atoms with Gasteiger partial charge in [0.25, 0.3) is 5.56 Å². The van der Waals surface area contributed by atoms with Crippen molar-refractivity contribution < 1.29 is 9.90 Å². The molecule has 4 rings (SSSR count). The van der Waals surface area contributed by atoms with Gasteiger partial charge in [0.05, 0.1) is 6.61 Å². The molecule has 160 valence electrons. The maximum Gasteiger partial charge on any atom is 0.255 e. The predicted octanol–water partition coefficient (Wildman–Crippen LogP) is 1.25. The van der Waals surface area contributed by atoms with Crippen molar-refractivity contribution in [3.05, 3.63) is 63.8 Å². The molecule has 7 nitrogen and oxygen atoms in total. The van der Waals surface area contributed by atoms with Crippen LogP contribution in [0.15, 0.2) is 41.3 Å². The number of aromatic nitrogens is 2. The van der Waals surface area contributed by atoms with Gasteiger partial charge in [0.15, 0.2) is 0 Å². The van der Waals surface area contributed by atoms with Crippen LogP contribution < -0.4 is 5.56 Å². The fourth-order valence-electron chi connectivity index (χ4n) is 4.79. The largest absolute Gasteiger partial charge is 0.395 e. The average molecular weight is 411 g/mol. The van der Waals surface area contributed by atoms with Gasteiger partial charge in [-0.1, -0.05) is 12.1 Å². The van der Waals surface area contributed by atoms with Gasteiger partial charge in [-0.25, -0.2) is 0 Å². The second kappa shape index (κ2) is 9.10. The normalized spacial score (nSPS) is 20.3. The van der Waals surface area contributed by atoms with Gasteiger partial charge < -0.3 is 14.6 Å². The molecule has 0 unspecified atom stereocenters. The number of piperidine rings is 1. The molecule has 0 aliphatic carbocycles. The van der Waals surface area contributed by atoms with Gasteiger partial charge in [0, 0.05) is 68.2 Å². The average Bonchev–Trinajstić information content (AvgIpc) is 2.75. The highest BCUT2D eigenvalue weighted by Crippen LogP contribution is 2.35. The smallest absolute Gasteiger partial charge is 0.255 e. The molecule has 2 bridgehead atoms. The summed E-state index contributed by atoms with van der Waals surface area (Å²) in [7, 11) is 1.91. The fourth-order valence-corrected chi connectivity index (χ4v) is 4.79. The van der Waals surface area contributed by atoms with Crippen molar-refractivity contribution in [1.82, 2.24) is 19.4 Å². The number of carbonyl (C=O) groups is 1. The van der Waals surface area contributed by atoms with Crippen molar-refractivity contribution in [3.63, 3.8) is 0 Å². The third-order valence-electron chi connectivity index (χ3n) is 6.28. The Hall–Kier alpha value is -2.51. The first-order valence-electron chi connectivity index (χ1n) is 10.7. The maximum absolute atomic E-state index is 13.0. The Morgan fingerprint density at radius 1 is 1.23 bits per heavy atom. The number of amides is 1. The van der Waals surface area contributed by atoms with Gasteiger partial charge in [-0.2, -0.15) is 0 Å². The van der Waals surface area contributed by atoms with Crippen LogP contribution in [0.3, 0.4) is 0 Å². The van der Waals surface area contributed by atoms with E-state index in [9.17, 15) is 9.59 Å². The number of aliphatic hydroxyl groups excluding tert-OH is 1. The number of hydrogen-bond donors (Lipinski definition) is 1. The van der Waals surface area contributed by atoms with Crippen molar-refractivity contribution in [2.45, 2.75) is 38.3 Å². The Morgan fingerprint density at radius 2 is 2.10 bits per heavy atom. The summed E-state index contributed by atoms with van der Waals surface area (Å²) in [6.45, 7) is 3.23. The first-order valence-corrected chi connectivity index (χ1v) is 10.7. The van der Waals surface area contributed by atoms with Gasteiger partial charge in [0.2, 0.25) is 5.91 Å². The van der Waals surface area contributed by atoms with Gasteiger partial charge in [0.1, 0.15) is 0 Å². The van der Waals surface area contributed by atoms with E-state index in [2.05, 4.69) is 11.1 Å². The standard InChI is InChI=1S/C23H30N4O3/c1-25(10-11-28)15-18-5-7-21-19-12-17(14-27(21)23(18)30)13-26(16-19)22(29)8-6-20-4-2-3-9-24-20/h2-5,7,9,17,19,28H,6,8,10-16H2,1H3/t17-,19+/m0/s1. The highest BCUT2D eigenvalue weighted by Gasteiger charge is 2.36. The lowest BCUT2D eigenvalue weighted by molar-refractivity contribution is -0.133. The van der Waals surface area contributed by atoms with Crippen LogP contribution in [0.1, 0.15) is 35.7 Å². The van der Waals surface area contributed by atoms with E-state index in [-0.39, 0.29) is 24.0 Å². The molecule has 2 aromatic heterocycles. The van der Waals surface area contributed by atoms with E-state index in [0.717, 1.165) is 29.9 Å². The molecule has 1 saturated heterocycles. The maximum atomic E-state index is 13.0.